The number of ketones is 1. The number of Topliss-reactive ketones (excluding diaryl/α,β-unsaturated/α-hetero) is 1. The lowest BCUT2D eigenvalue weighted by atomic mass is 10.0. The minimum Gasteiger partial charge on any atom is -0.494 e. The molecular weight excluding hydrogens is 291 g/mol. The predicted octanol–water partition coefficient (Wildman–Crippen LogP) is 3.33. The van der Waals surface area contributed by atoms with E-state index >= 15 is 0 Å². The first kappa shape index (κ1) is 13.5. The molecule has 0 amide bonds. The smallest absolute Gasteiger partial charge is 0.147 e. The van der Waals surface area contributed by atoms with E-state index in [0.29, 0.717) is 24.2 Å². The fourth-order valence-electron chi connectivity index (χ4n) is 1.42. The summed E-state index contributed by atoms with van der Waals surface area (Å²) < 4.78 is 5.38. The third-order valence-corrected chi connectivity index (χ3v) is 3.08. The summed E-state index contributed by atoms with van der Waals surface area (Å²) in [5.74, 6) is 1.34. The Balaban J connectivity index is 2.88. The molecule has 0 atom stereocenters. The molecule has 0 N–H and O–H groups in total. The van der Waals surface area contributed by atoms with Gasteiger partial charge in [0.1, 0.15) is 11.5 Å². The van der Waals surface area contributed by atoms with Crippen LogP contribution in [0.4, 0.5) is 0 Å². The van der Waals surface area contributed by atoms with Gasteiger partial charge in [0.15, 0.2) is 0 Å². The number of ether oxygens (including phenoxy) is 1. The monoisotopic (exact) mass is 304 g/mol. The van der Waals surface area contributed by atoms with E-state index in [2.05, 4.69) is 15.9 Å². The summed E-state index contributed by atoms with van der Waals surface area (Å²) in [7, 11) is 0. The van der Waals surface area contributed by atoms with Gasteiger partial charge in [0.2, 0.25) is 0 Å². The van der Waals surface area contributed by atoms with Crippen molar-refractivity contribution in [2.75, 3.05) is 11.9 Å². The van der Waals surface area contributed by atoms with Crippen LogP contribution in [-0.2, 0) is 17.1 Å². The summed E-state index contributed by atoms with van der Waals surface area (Å²) in [4.78, 5) is 11.3. The molecule has 0 radical (unpaired) electrons. The lowest BCUT2D eigenvalue weighted by molar-refractivity contribution is -0.115. The fourth-order valence-corrected chi connectivity index (χ4v) is 1.86. The Morgan fingerprint density at radius 2 is 2.19 bits per heavy atom. The molecule has 1 rings (SSSR count). The minimum absolute atomic E-state index is 0.149. The average Bonchev–Trinajstić information content (AvgIpc) is 2.31. The summed E-state index contributed by atoms with van der Waals surface area (Å²) in [6, 6.07) is 5.67. The van der Waals surface area contributed by atoms with Gasteiger partial charge in [-0.2, -0.15) is 0 Å². The molecule has 0 spiro atoms. The number of halogens is 2. The first-order valence-electron chi connectivity index (χ1n) is 5.09. The van der Waals surface area contributed by atoms with E-state index in [1.54, 1.807) is 0 Å². The maximum Gasteiger partial charge on any atom is 0.147 e. The zero-order valence-electron chi connectivity index (χ0n) is 9.13. The molecule has 0 saturated heterocycles. The highest BCUT2D eigenvalue weighted by atomic mass is 79.9. The van der Waals surface area contributed by atoms with Crippen LogP contribution >= 0.6 is 27.5 Å². The molecule has 0 bridgehead atoms. The van der Waals surface area contributed by atoms with Crippen LogP contribution in [0.25, 0.3) is 0 Å². The van der Waals surface area contributed by atoms with Crippen LogP contribution in [0.2, 0.25) is 0 Å². The van der Waals surface area contributed by atoms with Crippen LogP contribution in [0.1, 0.15) is 18.1 Å². The molecule has 0 heterocycles. The van der Waals surface area contributed by atoms with Gasteiger partial charge < -0.3 is 4.74 Å². The maximum absolute atomic E-state index is 11.3. The van der Waals surface area contributed by atoms with Gasteiger partial charge in [0, 0.05) is 12.3 Å². The summed E-state index contributed by atoms with van der Waals surface area (Å²) in [5.41, 5.74) is 1.94. The molecule has 1 aromatic rings. The number of carbonyl (C=O) groups excluding carboxylic acids is 1. The Morgan fingerprint density at radius 1 is 1.44 bits per heavy atom. The quantitative estimate of drug-likeness (QED) is 0.754. The van der Waals surface area contributed by atoms with Gasteiger partial charge in [-0.1, -0.05) is 22.0 Å². The minimum atomic E-state index is 0.149. The van der Waals surface area contributed by atoms with Crippen LogP contribution in [0.3, 0.4) is 0 Å². The van der Waals surface area contributed by atoms with E-state index in [0.717, 1.165) is 16.9 Å². The van der Waals surface area contributed by atoms with Gasteiger partial charge in [-0.15, -0.1) is 11.6 Å². The second kappa shape index (κ2) is 6.92. The lowest BCUT2D eigenvalue weighted by Crippen LogP contribution is -2.06. The maximum atomic E-state index is 11.3. The molecule has 88 valence electrons. The molecule has 0 saturated carbocycles. The van der Waals surface area contributed by atoms with Crippen LogP contribution in [0.5, 0.6) is 5.75 Å². The normalized spacial score (nSPS) is 10.2. The molecule has 0 aliphatic carbocycles. The molecule has 0 aliphatic rings. The van der Waals surface area contributed by atoms with E-state index in [-0.39, 0.29) is 5.78 Å². The largest absolute Gasteiger partial charge is 0.494 e. The van der Waals surface area contributed by atoms with Gasteiger partial charge in [0.25, 0.3) is 0 Å². The fraction of sp³-hybridized carbons (Fsp3) is 0.417. The molecule has 0 aromatic heterocycles. The third kappa shape index (κ3) is 3.80. The van der Waals surface area contributed by atoms with Crippen molar-refractivity contribution in [1.82, 2.24) is 0 Å². The Kier molecular flexibility index (Phi) is 5.85. The van der Waals surface area contributed by atoms with Crippen molar-refractivity contribution in [3.05, 3.63) is 29.3 Å². The predicted molar refractivity (Wildman–Crippen MR) is 69.7 cm³/mol. The van der Waals surface area contributed by atoms with Crippen molar-refractivity contribution < 1.29 is 9.53 Å². The number of hydrogen-bond donors (Lipinski definition) is 0. The van der Waals surface area contributed by atoms with Gasteiger partial charge >= 0.3 is 0 Å². The van der Waals surface area contributed by atoms with Crippen molar-refractivity contribution >= 4 is 33.3 Å². The summed E-state index contributed by atoms with van der Waals surface area (Å²) in [6.45, 7) is 2.56. The first-order chi connectivity index (χ1) is 7.71. The van der Waals surface area contributed by atoms with Crippen molar-refractivity contribution in [1.29, 1.82) is 0 Å². The molecule has 0 aliphatic heterocycles. The van der Waals surface area contributed by atoms with Gasteiger partial charge in [-0.3, -0.25) is 4.79 Å². The lowest BCUT2D eigenvalue weighted by Gasteiger charge is -2.09. The second-order valence-corrected chi connectivity index (χ2v) is 4.17. The number of alkyl halides is 2. The summed E-state index contributed by atoms with van der Waals surface area (Å²) >= 11 is 9.00. The Morgan fingerprint density at radius 3 is 2.75 bits per heavy atom. The molecule has 0 unspecified atom stereocenters. The Labute approximate surface area is 109 Å². The van der Waals surface area contributed by atoms with Crippen LogP contribution in [0, 0.1) is 0 Å². The van der Waals surface area contributed by atoms with Crippen LogP contribution in [0.15, 0.2) is 18.2 Å². The van der Waals surface area contributed by atoms with Crippen LogP contribution < -0.4 is 4.74 Å². The van der Waals surface area contributed by atoms with Crippen molar-refractivity contribution in [2.45, 2.75) is 19.2 Å². The Hall–Kier alpha value is -0.540. The number of rotatable bonds is 6. The standard InChI is InChI=1S/C12H14BrClO2/c1-2-16-12-4-3-9(5-11(15)7-13)10(6-12)8-14/h3-4,6H,2,5,7-8H2,1H3. The van der Waals surface area contributed by atoms with E-state index in [9.17, 15) is 4.79 Å². The van der Waals surface area contributed by atoms with Gasteiger partial charge in [-0.05, 0) is 30.2 Å². The SMILES string of the molecule is CCOc1ccc(CC(=O)CBr)c(CCl)c1. The zero-order chi connectivity index (χ0) is 12.0. The first-order valence-corrected chi connectivity index (χ1v) is 6.75. The van der Waals surface area contributed by atoms with Crippen molar-refractivity contribution in [2.24, 2.45) is 0 Å². The molecule has 4 heteroatoms. The zero-order valence-corrected chi connectivity index (χ0v) is 11.5. The van der Waals surface area contributed by atoms with E-state index in [1.165, 1.54) is 0 Å². The highest BCUT2D eigenvalue weighted by molar-refractivity contribution is 9.09. The number of benzene rings is 1. The second-order valence-electron chi connectivity index (χ2n) is 3.35. The summed E-state index contributed by atoms with van der Waals surface area (Å²) in [5, 5.41) is 0.377. The third-order valence-electron chi connectivity index (χ3n) is 2.17. The topological polar surface area (TPSA) is 26.3 Å². The van der Waals surface area contributed by atoms with E-state index in [1.807, 2.05) is 25.1 Å². The highest BCUT2D eigenvalue weighted by Gasteiger charge is 2.08. The van der Waals surface area contributed by atoms with Crippen LogP contribution in [-0.4, -0.2) is 17.7 Å². The molecule has 0 fully saturated rings. The molecule has 2 nitrogen and oxygen atoms in total. The average molecular weight is 306 g/mol. The summed E-state index contributed by atoms with van der Waals surface area (Å²) in [6.07, 6.45) is 0.416. The van der Waals surface area contributed by atoms with E-state index < -0.39 is 0 Å². The molecular formula is C12H14BrClO2. The van der Waals surface area contributed by atoms with Crippen molar-refractivity contribution in [3.63, 3.8) is 0 Å². The number of hydrogen-bond acceptors (Lipinski definition) is 2. The molecule has 16 heavy (non-hydrogen) atoms. The number of carbonyl (C=O) groups is 1. The van der Waals surface area contributed by atoms with Gasteiger partial charge in [-0.25, -0.2) is 0 Å². The van der Waals surface area contributed by atoms with E-state index in [4.69, 9.17) is 16.3 Å². The highest BCUT2D eigenvalue weighted by Crippen LogP contribution is 2.20. The molecule has 1 aromatic carbocycles. The van der Waals surface area contributed by atoms with Gasteiger partial charge in [0.05, 0.1) is 11.9 Å². The van der Waals surface area contributed by atoms with Crippen molar-refractivity contribution in [3.8, 4) is 5.75 Å². The Bertz CT molecular complexity index is 366.